The quantitative estimate of drug-likeness (QED) is 0.499. The molecule has 0 heterocycles. The number of rotatable bonds is 4. The molecule has 3 nitrogen and oxygen atoms in total. The number of aliphatic hydroxyl groups is 1. The Bertz CT molecular complexity index is 49.7. The minimum Gasteiger partial charge on any atom is -0.367 e. The van der Waals surface area contributed by atoms with Crippen LogP contribution in [0.3, 0.4) is 0 Å². The molecule has 0 aliphatic rings. The molecule has 0 amide bonds. The van der Waals surface area contributed by atoms with E-state index in [2.05, 4.69) is 0 Å². The second kappa shape index (κ2) is 5.03. The van der Waals surface area contributed by atoms with Crippen molar-refractivity contribution in [3.05, 3.63) is 0 Å². The van der Waals surface area contributed by atoms with Gasteiger partial charge in [0.25, 0.3) is 0 Å². The van der Waals surface area contributed by atoms with Gasteiger partial charge in [-0.2, -0.15) is 0 Å². The Morgan fingerprint density at radius 1 is 1.75 bits per heavy atom. The SMILES string of the molecule is CCCOC(O)CN. The third-order valence-corrected chi connectivity index (χ3v) is 0.716. The lowest BCUT2D eigenvalue weighted by molar-refractivity contribution is -0.0909. The lowest BCUT2D eigenvalue weighted by Gasteiger charge is -2.06. The van der Waals surface area contributed by atoms with E-state index in [1.807, 2.05) is 6.92 Å². The van der Waals surface area contributed by atoms with Crippen molar-refractivity contribution in [3.63, 3.8) is 0 Å². The first-order valence-electron chi connectivity index (χ1n) is 2.81. The molecule has 0 saturated heterocycles. The van der Waals surface area contributed by atoms with Gasteiger partial charge in [0.2, 0.25) is 0 Å². The normalized spacial score (nSPS) is 13.9. The first kappa shape index (κ1) is 7.88. The van der Waals surface area contributed by atoms with E-state index in [1.165, 1.54) is 0 Å². The first-order chi connectivity index (χ1) is 3.81. The van der Waals surface area contributed by atoms with Crippen LogP contribution in [-0.2, 0) is 4.74 Å². The van der Waals surface area contributed by atoms with E-state index < -0.39 is 6.29 Å². The maximum absolute atomic E-state index is 8.64. The molecular formula is C5H13NO2. The summed E-state index contributed by atoms with van der Waals surface area (Å²) in [5.41, 5.74) is 5.04. The summed E-state index contributed by atoms with van der Waals surface area (Å²) >= 11 is 0. The fourth-order valence-electron chi connectivity index (χ4n) is 0.322. The lowest BCUT2D eigenvalue weighted by atomic mass is 10.5. The molecule has 1 unspecified atom stereocenters. The van der Waals surface area contributed by atoms with E-state index in [1.54, 1.807) is 0 Å². The van der Waals surface area contributed by atoms with Crippen molar-refractivity contribution in [3.8, 4) is 0 Å². The molecule has 3 N–H and O–H groups in total. The zero-order valence-electron chi connectivity index (χ0n) is 5.13. The molecule has 0 aliphatic carbocycles. The molecule has 0 radical (unpaired) electrons. The van der Waals surface area contributed by atoms with Crippen molar-refractivity contribution in [2.75, 3.05) is 13.2 Å². The standard InChI is InChI=1S/C5H13NO2/c1-2-3-8-5(7)4-6/h5,7H,2-4,6H2,1H3. The van der Waals surface area contributed by atoms with Crippen LogP contribution in [0.2, 0.25) is 0 Å². The Morgan fingerprint density at radius 2 is 2.38 bits per heavy atom. The van der Waals surface area contributed by atoms with Gasteiger partial charge in [-0.3, -0.25) is 0 Å². The van der Waals surface area contributed by atoms with Gasteiger partial charge in [-0.25, -0.2) is 0 Å². The van der Waals surface area contributed by atoms with Crippen LogP contribution >= 0.6 is 0 Å². The highest BCUT2D eigenvalue weighted by molar-refractivity contribution is 4.37. The van der Waals surface area contributed by atoms with Crippen LogP contribution in [0.15, 0.2) is 0 Å². The van der Waals surface area contributed by atoms with Crippen LogP contribution in [-0.4, -0.2) is 24.5 Å². The molecule has 1 atom stereocenters. The Labute approximate surface area is 49.4 Å². The van der Waals surface area contributed by atoms with Crippen molar-refractivity contribution in [2.24, 2.45) is 5.73 Å². The molecular weight excluding hydrogens is 106 g/mol. The largest absolute Gasteiger partial charge is 0.367 e. The first-order valence-corrected chi connectivity index (χ1v) is 2.81. The highest BCUT2D eigenvalue weighted by Gasteiger charge is 1.95. The van der Waals surface area contributed by atoms with Crippen LogP contribution in [0.1, 0.15) is 13.3 Å². The molecule has 0 rings (SSSR count). The van der Waals surface area contributed by atoms with E-state index in [0.717, 1.165) is 6.42 Å². The molecule has 0 aromatic carbocycles. The number of hydrogen-bond acceptors (Lipinski definition) is 3. The molecule has 50 valence electrons. The summed E-state index contributed by atoms with van der Waals surface area (Å²) < 4.78 is 4.77. The van der Waals surface area contributed by atoms with Gasteiger partial charge in [0, 0.05) is 13.2 Å². The Hall–Kier alpha value is -0.120. The minimum atomic E-state index is -0.769. The predicted molar refractivity (Wildman–Crippen MR) is 31.3 cm³/mol. The topological polar surface area (TPSA) is 55.5 Å². The molecule has 0 spiro atoms. The number of ether oxygens (including phenoxy) is 1. The van der Waals surface area contributed by atoms with Crippen LogP contribution in [0, 0.1) is 0 Å². The van der Waals surface area contributed by atoms with Crippen molar-refractivity contribution >= 4 is 0 Å². The van der Waals surface area contributed by atoms with E-state index in [4.69, 9.17) is 15.6 Å². The summed E-state index contributed by atoms with van der Waals surface area (Å²) in [6, 6.07) is 0. The summed E-state index contributed by atoms with van der Waals surface area (Å²) in [6.45, 7) is 2.74. The van der Waals surface area contributed by atoms with Crippen LogP contribution in [0.4, 0.5) is 0 Å². The summed E-state index contributed by atoms with van der Waals surface area (Å²) in [6.07, 6.45) is 0.145. The van der Waals surface area contributed by atoms with Crippen LogP contribution in [0.25, 0.3) is 0 Å². The van der Waals surface area contributed by atoms with E-state index in [0.29, 0.717) is 6.61 Å². The second-order valence-corrected chi connectivity index (χ2v) is 1.56. The van der Waals surface area contributed by atoms with Gasteiger partial charge in [0.05, 0.1) is 0 Å². The predicted octanol–water partition coefficient (Wildman–Crippen LogP) is -0.310. The summed E-state index contributed by atoms with van der Waals surface area (Å²) in [5, 5.41) is 8.64. The maximum atomic E-state index is 8.64. The molecule has 0 aliphatic heterocycles. The van der Waals surface area contributed by atoms with Gasteiger partial charge in [-0.05, 0) is 6.42 Å². The summed E-state index contributed by atoms with van der Waals surface area (Å²) in [7, 11) is 0. The third kappa shape index (κ3) is 4.05. The van der Waals surface area contributed by atoms with Crippen molar-refractivity contribution < 1.29 is 9.84 Å². The smallest absolute Gasteiger partial charge is 0.166 e. The summed E-state index contributed by atoms with van der Waals surface area (Å²) in [5.74, 6) is 0. The van der Waals surface area contributed by atoms with Crippen LogP contribution < -0.4 is 5.73 Å². The minimum absolute atomic E-state index is 0.181. The highest BCUT2D eigenvalue weighted by Crippen LogP contribution is 1.84. The fourth-order valence-corrected chi connectivity index (χ4v) is 0.322. The van der Waals surface area contributed by atoms with E-state index in [-0.39, 0.29) is 6.54 Å². The average molecular weight is 119 g/mol. The van der Waals surface area contributed by atoms with Crippen molar-refractivity contribution in [1.82, 2.24) is 0 Å². The fraction of sp³-hybridized carbons (Fsp3) is 1.00. The second-order valence-electron chi connectivity index (χ2n) is 1.56. The number of hydrogen-bond donors (Lipinski definition) is 2. The summed E-state index contributed by atoms with van der Waals surface area (Å²) in [4.78, 5) is 0. The van der Waals surface area contributed by atoms with Crippen molar-refractivity contribution in [2.45, 2.75) is 19.6 Å². The molecule has 3 heteroatoms. The van der Waals surface area contributed by atoms with Crippen LogP contribution in [0.5, 0.6) is 0 Å². The maximum Gasteiger partial charge on any atom is 0.166 e. The lowest BCUT2D eigenvalue weighted by Crippen LogP contribution is -2.23. The molecule has 0 aromatic rings. The van der Waals surface area contributed by atoms with E-state index in [9.17, 15) is 0 Å². The van der Waals surface area contributed by atoms with E-state index >= 15 is 0 Å². The van der Waals surface area contributed by atoms with Gasteiger partial charge < -0.3 is 15.6 Å². The van der Waals surface area contributed by atoms with Gasteiger partial charge in [0.1, 0.15) is 0 Å². The van der Waals surface area contributed by atoms with Gasteiger partial charge in [-0.1, -0.05) is 6.92 Å². The number of nitrogens with two attached hydrogens (primary N) is 1. The van der Waals surface area contributed by atoms with Gasteiger partial charge in [-0.15, -0.1) is 0 Å². The molecule has 0 aromatic heterocycles. The molecule has 8 heavy (non-hydrogen) atoms. The average Bonchev–Trinajstić information content (AvgIpc) is 1.83. The molecule has 0 saturated carbocycles. The van der Waals surface area contributed by atoms with Gasteiger partial charge >= 0.3 is 0 Å². The monoisotopic (exact) mass is 119 g/mol. The zero-order valence-corrected chi connectivity index (χ0v) is 5.13. The molecule has 0 fully saturated rings. The Balaban J connectivity index is 2.86. The van der Waals surface area contributed by atoms with Crippen molar-refractivity contribution in [1.29, 1.82) is 0 Å². The van der Waals surface area contributed by atoms with Gasteiger partial charge in [0.15, 0.2) is 6.29 Å². The zero-order chi connectivity index (χ0) is 6.41. The number of aliphatic hydroxyl groups excluding tert-OH is 1. The Morgan fingerprint density at radius 3 is 2.75 bits per heavy atom. The Kier molecular flexibility index (Phi) is 4.95. The molecule has 0 bridgehead atoms. The third-order valence-electron chi connectivity index (χ3n) is 0.716. The highest BCUT2D eigenvalue weighted by atomic mass is 16.6.